The number of anilines is 1. The highest BCUT2D eigenvalue weighted by Gasteiger charge is 2.25. The van der Waals surface area contributed by atoms with Crippen molar-refractivity contribution in [3.63, 3.8) is 0 Å². The number of nitrogens with zero attached hydrogens (tertiary/aromatic N) is 3. The smallest absolute Gasteiger partial charge is 0.254 e. The van der Waals surface area contributed by atoms with Crippen LogP contribution in [0.1, 0.15) is 21.6 Å². The second-order valence-electron chi connectivity index (χ2n) is 6.17. The first-order valence-electron chi connectivity index (χ1n) is 8.28. The summed E-state index contributed by atoms with van der Waals surface area (Å²) in [6.45, 7) is 0.963. The van der Waals surface area contributed by atoms with Crippen LogP contribution in [0.15, 0.2) is 54.7 Å². The van der Waals surface area contributed by atoms with Gasteiger partial charge >= 0.3 is 0 Å². The number of carbonyl (C=O) groups excluding carboxylic acids is 1. The van der Waals surface area contributed by atoms with Crippen molar-refractivity contribution in [1.29, 1.82) is 0 Å². The molecule has 3 aromatic rings. The van der Waals surface area contributed by atoms with Crippen LogP contribution in [0, 0.1) is 0 Å². The zero-order valence-corrected chi connectivity index (χ0v) is 14.3. The van der Waals surface area contributed by atoms with Gasteiger partial charge in [-0.3, -0.25) is 4.79 Å². The van der Waals surface area contributed by atoms with Gasteiger partial charge in [-0.25, -0.2) is 9.97 Å². The summed E-state index contributed by atoms with van der Waals surface area (Å²) in [4.78, 5) is 22.7. The number of fused-ring (bicyclic) bond motifs is 1. The minimum absolute atomic E-state index is 0.0289. The monoisotopic (exact) mass is 346 g/mol. The molecular weight excluding hydrogens is 328 g/mol. The van der Waals surface area contributed by atoms with Crippen molar-refractivity contribution in [2.75, 3.05) is 12.8 Å². The van der Waals surface area contributed by atoms with Gasteiger partial charge in [-0.1, -0.05) is 24.3 Å². The highest BCUT2D eigenvalue weighted by atomic mass is 16.5. The van der Waals surface area contributed by atoms with Crippen LogP contribution in [0.25, 0.3) is 11.1 Å². The van der Waals surface area contributed by atoms with Crippen LogP contribution in [-0.2, 0) is 13.1 Å². The van der Waals surface area contributed by atoms with E-state index in [2.05, 4.69) is 9.97 Å². The normalized spacial score (nSPS) is 12.7. The van der Waals surface area contributed by atoms with Gasteiger partial charge in [0, 0.05) is 23.9 Å². The van der Waals surface area contributed by atoms with E-state index >= 15 is 0 Å². The first-order chi connectivity index (χ1) is 12.6. The van der Waals surface area contributed by atoms with E-state index in [1.165, 1.54) is 0 Å². The lowest BCUT2D eigenvalue weighted by Gasteiger charge is -2.15. The molecule has 0 saturated carbocycles. The van der Waals surface area contributed by atoms with E-state index < -0.39 is 0 Å². The molecule has 1 aliphatic heterocycles. The molecule has 6 nitrogen and oxygen atoms in total. The summed E-state index contributed by atoms with van der Waals surface area (Å²) in [5.41, 5.74) is 10.1. The predicted molar refractivity (Wildman–Crippen MR) is 98.5 cm³/mol. The zero-order chi connectivity index (χ0) is 18.1. The summed E-state index contributed by atoms with van der Waals surface area (Å²) in [5.74, 6) is 1.01. The second-order valence-corrected chi connectivity index (χ2v) is 6.17. The van der Waals surface area contributed by atoms with E-state index in [9.17, 15) is 4.79 Å². The molecule has 0 bridgehead atoms. The van der Waals surface area contributed by atoms with Gasteiger partial charge in [0.05, 0.1) is 19.3 Å². The lowest BCUT2D eigenvalue weighted by molar-refractivity contribution is 0.0750. The highest BCUT2D eigenvalue weighted by molar-refractivity contribution is 5.95. The molecule has 1 aromatic heterocycles. The number of nitrogen functional groups attached to an aromatic ring is 1. The van der Waals surface area contributed by atoms with Crippen molar-refractivity contribution in [1.82, 2.24) is 14.9 Å². The molecule has 4 rings (SSSR count). The zero-order valence-electron chi connectivity index (χ0n) is 14.3. The predicted octanol–water partition coefficient (Wildman–Crippen LogP) is 2.89. The molecule has 0 spiro atoms. The van der Waals surface area contributed by atoms with Crippen LogP contribution in [0.2, 0.25) is 0 Å². The molecule has 1 aliphatic rings. The van der Waals surface area contributed by atoms with E-state index in [0.29, 0.717) is 18.7 Å². The molecule has 0 unspecified atom stereocenters. The summed E-state index contributed by atoms with van der Waals surface area (Å²) in [6, 6.07) is 15.4. The minimum atomic E-state index is -0.0289. The fourth-order valence-corrected chi connectivity index (χ4v) is 3.10. The van der Waals surface area contributed by atoms with Crippen LogP contribution in [0.4, 0.5) is 5.95 Å². The number of benzene rings is 2. The van der Waals surface area contributed by atoms with E-state index in [1.807, 2.05) is 48.5 Å². The standard InChI is InChI=1S/C20H18N4O2/c1-26-17-4-2-3-15(9-17)13-5-7-14(8-6-13)19(25)24-11-16-10-22-20(21)23-18(16)12-24/h2-10H,11-12H2,1H3,(H2,21,22,23). The van der Waals surface area contributed by atoms with Gasteiger partial charge < -0.3 is 15.4 Å². The van der Waals surface area contributed by atoms with Crippen molar-refractivity contribution in [2.45, 2.75) is 13.1 Å². The first kappa shape index (κ1) is 16.1. The van der Waals surface area contributed by atoms with Crippen molar-refractivity contribution in [2.24, 2.45) is 0 Å². The Morgan fingerprint density at radius 1 is 1.12 bits per heavy atom. The van der Waals surface area contributed by atoms with Crippen molar-refractivity contribution in [3.8, 4) is 16.9 Å². The van der Waals surface area contributed by atoms with E-state index in [4.69, 9.17) is 10.5 Å². The molecule has 2 N–H and O–H groups in total. The van der Waals surface area contributed by atoms with Gasteiger partial charge in [0.1, 0.15) is 5.75 Å². The van der Waals surface area contributed by atoms with Crippen LogP contribution in [0.3, 0.4) is 0 Å². The summed E-state index contributed by atoms with van der Waals surface area (Å²) in [7, 11) is 1.65. The Kier molecular flexibility index (Phi) is 4.01. The number of ether oxygens (including phenoxy) is 1. The summed E-state index contributed by atoms with van der Waals surface area (Å²) in [5, 5.41) is 0. The maximum Gasteiger partial charge on any atom is 0.254 e. The van der Waals surface area contributed by atoms with E-state index in [0.717, 1.165) is 28.1 Å². The van der Waals surface area contributed by atoms with Gasteiger partial charge in [0.2, 0.25) is 5.95 Å². The summed E-state index contributed by atoms with van der Waals surface area (Å²) in [6.07, 6.45) is 1.69. The number of amides is 1. The molecule has 0 atom stereocenters. The number of hydrogen-bond acceptors (Lipinski definition) is 5. The summed E-state index contributed by atoms with van der Waals surface area (Å²) < 4.78 is 5.26. The van der Waals surface area contributed by atoms with Gasteiger partial charge in [0.25, 0.3) is 5.91 Å². The van der Waals surface area contributed by atoms with Crippen molar-refractivity contribution >= 4 is 11.9 Å². The van der Waals surface area contributed by atoms with Crippen LogP contribution < -0.4 is 10.5 Å². The first-order valence-corrected chi connectivity index (χ1v) is 8.28. The molecule has 1 amide bonds. The van der Waals surface area contributed by atoms with Crippen LogP contribution >= 0.6 is 0 Å². The molecule has 0 fully saturated rings. The third-order valence-electron chi connectivity index (χ3n) is 4.50. The number of carbonyl (C=O) groups is 1. The topological polar surface area (TPSA) is 81.3 Å². The third-order valence-corrected chi connectivity index (χ3v) is 4.50. The molecule has 6 heteroatoms. The van der Waals surface area contributed by atoms with E-state index in [1.54, 1.807) is 18.2 Å². The SMILES string of the molecule is COc1cccc(-c2ccc(C(=O)N3Cc4cnc(N)nc4C3)cc2)c1. The van der Waals surface area contributed by atoms with Gasteiger partial charge in [0.15, 0.2) is 0 Å². The molecule has 26 heavy (non-hydrogen) atoms. The maximum absolute atomic E-state index is 12.8. The molecule has 0 saturated heterocycles. The number of nitrogens with two attached hydrogens (primary N) is 1. The number of methoxy groups -OCH3 is 1. The Hall–Kier alpha value is -3.41. The van der Waals surface area contributed by atoms with Gasteiger partial charge in [-0.15, -0.1) is 0 Å². The third kappa shape index (κ3) is 2.97. The number of hydrogen-bond donors (Lipinski definition) is 1. The molecule has 2 aromatic carbocycles. The lowest BCUT2D eigenvalue weighted by atomic mass is 10.0. The minimum Gasteiger partial charge on any atom is -0.497 e. The summed E-state index contributed by atoms with van der Waals surface area (Å²) >= 11 is 0. The Morgan fingerprint density at radius 2 is 1.92 bits per heavy atom. The molecule has 0 radical (unpaired) electrons. The second kappa shape index (κ2) is 6.48. The lowest BCUT2D eigenvalue weighted by Crippen LogP contribution is -2.25. The Morgan fingerprint density at radius 3 is 2.69 bits per heavy atom. The Balaban J connectivity index is 1.53. The van der Waals surface area contributed by atoms with Crippen molar-refractivity contribution < 1.29 is 9.53 Å². The Labute approximate surface area is 151 Å². The van der Waals surface area contributed by atoms with Crippen LogP contribution in [-0.4, -0.2) is 27.9 Å². The Bertz CT molecular complexity index is 970. The average molecular weight is 346 g/mol. The molecular formula is C20H18N4O2. The quantitative estimate of drug-likeness (QED) is 0.789. The fraction of sp³-hybridized carbons (Fsp3) is 0.150. The van der Waals surface area contributed by atoms with Crippen molar-refractivity contribution in [3.05, 3.63) is 71.5 Å². The highest BCUT2D eigenvalue weighted by Crippen LogP contribution is 2.26. The molecule has 2 heterocycles. The fourth-order valence-electron chi connectivity index (χ4n) is 3.10. The van der Waals surface area contributed by atoms with E-state index in [-0.39, 0.29) is 11.9 Å². The molecule has 0 aliphatic carbocycles. The van der Waals surface area contributed by atoms with Crippen LogP contribution in [0.5, 0.6) is 5.75 Å². The number of rotatable bonds is 3. The largest absolute Gasteiger partial charge is 0.497 e. The van der Waals surface area contributed by atoms with Gasteiger partial charge in [-0.2, -0.15) is 0 Å². The average Bonchev–Trinajstić information content (AvgIpc) is 3.10. The molecule has 130 valence electrons. The maximum atomic E-state index is 12.8. The number of aromatic nitrogens is 2. The van der Waals surface area contributed by atoms with Gasteiger partial charge in [-0.05, 0) is 35.4 Å².